The molecule has 1 aliphatic carbocycles. The summed E-state index contributed by atoms with van der Waals surface area (Å²) in [5.41, 5.74) is -0.0565. The number of carbonyl (C=O) groups excluding carboxylic acids is 1. The molecule has 194 valence electrons. The van der Waals surface area contributed by atoms with Crippen LogP contribution in [0.3, 0.4) is 0 Å². The molecule has 1 N–H and O–H groups in total. The first kappa shape index (κ1) is 25.9. The minimum atomic E-state index is -5.09. The Bertz CT molecular complexity index is 1480. The van der Waals surface area contributed by atoms with E-state index in [1.165, 1.54) is 37.0 Å². The first-order chi connectivity index (χ1) is 17.4. The lowest BCUT2D eigenvalue weighted by Crippen LogP contribution is -2.29. The summed E-state index contributed by atoms with van der Waals surface area (Å²) < 4.78 is 74.2. The molecule has 2 heterocycles. The number of sulfone groups is 1. The van der Waals surface area contributed by atoms with Crippen LogP contribution < -0.4 is 14.8 Å². The Labute approximate surface area is 208 Å². The highest BCUT2D eigenvalue weighted by atomic mass is 32.2. The van der Waals surface area contributed by atoms with Gasteiger partial charge in [0.05, 0.1) is 28.9 Å². The van der Waals surface area contributed by atoms with Crippen molar-refractivity contribution in [3.63, 3.8) is 0 Å². The van der Waals surface area contributed by atoms with Crippen molar-refractivity contribution in [2.75, 3.05) is 7.11 Å². The van der Waals surface area contributed by atoms with E-state index in [1.54, 1.807) is 0 Å². The third-order valence-electron chi connectivity index (χ3n) is 5.29. The molecule has 0 spiro atoms. The second-order valence-electron chi connectivity index (χ2n) is 8.07. The van der Waals surface area contributed by atoms with Crippen LogP contribution in [0.5, 0.6) is 11.8 Å². The Morgan fingerprint density at radius 2 is 2.00 bits per heavy atom. The van der Waals surface area contributed by atoms with E-state index >= 15 is 0 Å². The van der Waals surface area contributed by atoms with Crippen molar-refractivity contribution in [3.05, 3.63) is 53.5 Å². The standard InChI is InChI=1S/C22H19F3N6O5S/c1-12(19-29-21(35-2)30-31(19)18-6-3-13(10-26)11-27-18)28-20(32)14-7-15(36-22(23,24)25)9-17(8-14)37(33,34)16-4-5-16/h3,6-9,11-12,16H,4-5H2,1-2H3,(H,28,32)/t12-/m0/s1. The maximum absolute atomic E-state index is 13.0. The summed E-state index contributed by atoms with van der Waals surface area (Å²) in [6.45, 7) is 1.53. The third kappa shape index (κ3) is 5.80. The Morgan fingerprint density at radius 1 is 1.27 bits per heavy atom. The number of halogens is 3. The number of amides is 1. The van der Waals surface area contributed by atoms with Gasteiger partial charge in [0.2, 0.25) is 0 Å². The van der Waals surface area contributed by atoms with E-state index in [2.05, 4.69) is 25.1 Å². The predicted octanol–water partition coefficient (Wildman–Crippen LogP) is 2.87. The minimum absolute atomic E-state index is 0.0550. The van der Waals surface area contributed by atoms with Gasteiger partial charge in [-0.3, -0.25) is 4.79 Å². The topological polar surface area (TPSA) is 149 Å². The molecule has 1 saturated carbocycles. The largest absolute Gasteiger partial charge is 0.573 e. The average Bonchev–Trinajstić information content (AvgIpc) is 3.62. The van der Waals surface area contributed by atoms with Crippen molar-refractivity contribution >= 4 is 15.7 Å². The molecule has 1 aromatic carbocycles. The Balaban J connectivity index is 1.66. The van der Waals surface area contributed by atoms with Gasteiger partial charge in [0.15, 0.2) is 21.5 Å². The van der Waals surface area contributed by atoms with E-state index < -0.39 is 44.0 Å². The molecule has 15 heteroatoms. The fourth-order valence-electron chi connectivity index (χ4n) is 3.39. The van der Waals surface area contributed by atoms with Crippen LogP contribution in [0.1, 0.15) is 47.6 Å². The van der Waals surface area contributed by atoms with Gasteiger partial charge in [-0.1, -0.05) is 0 Å². The molecule has 3 aromatic rings. The van der Waals surface area contributed by atoms with Gasteiger partial charge in [0.25, 0.3) is 5.91 Å². The quantitative estimate of drug-likeness (QED) is 0.459. The van der Waals surface area contributed by atoms with Gasteiger partial charge >= 0.3 is 12.4 Å². The van der Waals surface area contributed by atoms with Crippen LogP contribution in [0.25, 0.3) is 5.82 Å². The van der Waals surface area contributed by atoms with Crippen LogP contribution >= 0.6 is 0 Å². The van der Waals surface area contributed by atoms with Crippen molar-refractivity contribution in [3.8, 4) is 23.6 Å². The van der Waals surface area contributed by atoms with Crippen LogP contribution in [0.4, 0.5) is 13.2 Å². The van der Waals surface area contributed by atoms with Gasteiger partial charge in [-0.2, -0.15) is 14.9 Å². The molecule has 0 radical (unpaired) electrons. The van der Waals surface area contributed by atoms with Gasteiger partial charge in [-0.25, -0.2) is 13.4 Å². The summed E-state index contributed by atoms with van der Waals surface area (Å²) in [6.07, 6.45) is -3.02. The van der Waals surface area contributed by atoms with Gasteiger partial charge in [0, 0.05) is 11.8 Å². The lowest BCUT2D eigenvalue weighted by Gasteiger charge is -2.16. The molecule has 1 amide bonds. The highest BCUT2D eigenvalue weighted by Gasteiger charge is 2.38. The number of pyridine rings is 1. The lowest BCUT2D eigenvalue weighted by atomic mass is 10.2. The number of carbonyl (C=O) groups is 1. The maximum atomic E-state index is 13.0. The molecular formula is C22H19F3N6O5S. The van der Waals surface area contributed by atoms with E-state index in [9.17, 15) is 26.4 Å². The van der Waals surface area contributed by atoms with Crippen LogP contribution in [0.2, 0.25) is 0 Å². The first-order valence-corrected chi connectivity index (χ1v) is 12.3. The van der Waals surface area contributed by atoms with Crippen LogP contribution in [0, 0.1) is 11.3 Å². The Hall–Kier alpha value is -4.19. The van der Waals surface area contributed by atoms with Crippen molar-refractivity contribution < 1.29 is 35.9 Å². The fraction of sp³-hybridized carbons (Fsp3) is 0.318. The highest BCUT2D eigenvalue weighted by Crippen LogP contribution is 2.36. The molecule has 1 fully saturated rings. The zero-order chi connectivity index (χ0) is 27.0. The number of methoxy groups -OCH3 is 1. The molecule has 0 saturated heterocycles. The number of benzene rings is 1. The molecule has 4 rings (SSSR count). The summed E-state index contributed by atoms with van der Waals surface area (Å²) >= 11 is 0. The predicted molar refractivity (Wildman–Crippen MR) is 120 cm³/mol. The van der Waals surface area contributed by atoms with Crippen LogP contribution in [-0.2, 0) is 9.84 Å². The van der Waals surface area contributed by atoms with Crippen molar-refractivity contribution in [2.24, 2.45) is 0 Å². The number of rotatable bonds is 8. The maximum Gasteiger partial charge on any atom is 0.573 e. The van der Waals surface area contributed by atoms with Crippen molar-refractivity contribution in [2.45, 2.75) is 42.3 Å². The van der Waals surface area contributed by atoms with E-state index in [-0.39, 0.29) is 23.2 Å². The van der Waals surface area contributed by atoms with E-state index in [0.717, 1.165) is 18.2 Å². The molecule has 1 atom stereocenters. The monoisotopic (exact) mass is 536 g/mol. The highest BCUT2D eigenvalue weighted by molar-refractivity contribution is 7.92. The number of aromatic nitrogens is 4. The van der Waals surface area contributed by atoms with Gasteiger partial charge in [-0.15, -0.1) is 18.3 Å². The summed E-state index contributed by atoms with van der Waals surface area (Å²) in [5.74, 6) is -1.31. The van der Waals surface area contributed by atoms with Crippen LogP contribution in [-0.4, -0.2) is 52.8 Å². The van der Waals surface area contributed by atoms with Gasteiger partial charge < -0.3 is 14.8 Å². The zero-order valence-corrected chi connectivity index (χ0v) is 20.2. The van der Waals surface area contributed by atoms with E-state index in [1.807, 2.05) is 6.07 Å². The Morgan fingerprint density at radius 3 is 2.57 bits per heavy atom. The van der Waals surface area contributed by atoms with Gasteiger partial charge in [0.1, 0.15) is 11.8 Å². The summed E-state index contributed by atoms with van der Waals surface area (Å²) in [7, 11) is -2.60. The Kier molecular flexibility index (Phi) is 6.78. The lowest BCUT2D eigenvalue weighted by molar-refractivity contribution is -0.274. The smallest absolute Gasteiger partial charge is 0.466 e. The van der Waals surface area contributed by atoms with Crippen molar-refractivity contribution in [1.82, 2.24) is 25.1 Å². The molecule has 11 nitrogen and oxygen atoms in total. The SMILES string of the molecule is COc1nc([C@H](C)NC(=O)c2cc(OC(F)(F)F)cc(S(=O)(=O)C3CC3)c2)n(-c2ccc(C#N)cn2)n1. The molecule has 1 aliphatic rings. The second kappa shape index (κ2) is 9.69. The zero-order valence-electron chi connectivity index (χ0n) is 19.4. The average molecular weight is 536 g/mol. The summed E-state index contributed by atoms with van der Waals surface area (Å²) in [5, 5.41) is 15.0. The fourth-order valence-corrected chi connectivity index (χ4v) is 5.11. The van der Waals surface area contributed by atoms with Crippen molar-refractivity contribution in [1.29, 1.82) is 5.26 Å². The molecule has 2 aromatic heterocycles. The number of nitrogens with zero attached hydrogens (tertiary/aromatic N) is 5. The van der Waals surface area contributed by atoms with E-state index in [0.29, 0.717) is 18.4 Å². The molecule has 0 aliphatic heterocycles. The third-order valence-corrected chi connectivity index (χ3v) is 7.53. The second-order valence-corrected chi connectivity index (χ2v) is 10.3. The number of hydrogen-bond donors (Lipinski definition) is 1. The van der Waals surface area contributed by atoms with E-state index in [4.69, 9.17) is 10.00 Å². The van der Waals surface area contributed by atoms with Crippen LogP contribution in [0.15, 0.2) is 41.4 Å². The number of nitrogens with one attached hydrogen (secondary N) is 1. The normalized spacial score (nSPS) is 14.5. The minimum Gasteiger partial charge on any atom is -0.466 e. The summed E-state index contributed by atoms with van der Waals surface area (Å²) in [4.78, 5) is 20.9. The number of ether oxygens (including phenoxy) is 2. The molecule has 0 bridgehead atoms. The number of hydrogen-bond acceptors (Lipinski definition) is 9. The molecular weight excluding hydrogens is 517 g/mol. The number of alkyl halides is 3. The molecule has 37 heavy (non-hydrogen) atoms. The van der Waals surface area contributed by atoms with Gasteiger partial charge in [-0.05, 0) is 50.1 Å². The first-order valence-electron chi connectivity index (χ1n) is 10.7. The molecule has 0 unspecified atom stereocenters. The number of nitriles is 1. The summed E-state index contributed by atoms with van der Waals surface area (Å²) in [6, 6.07) is 6.54.